The van der Waals surface area contributed by atoms with E-state index in [1.54, 1.807) is 26.8 Å². The summed E-state index contributed by atoms with van der Waals surface area (Å²) in [6.07, 6.45) is 6.21. The molecular weight excluding hydrogens is 326 g/mol. The van der Waals surface area contributed by atoms with Crippen LogP contribution in [-0.4, -0.2) is 26.5 Å². The van der Waals surface area contributed by atoms with Gasteiger partial charge in [-0.15, -0.1) is 6.58 Å². The minimum absolute atomic E-state index is 0.0594. The molecule has 0 aromatic carbocycles. The van der Waals surface area contributed by atoms with Crippen LogP contribution in [0.4, 0.5) is 0 Å². The first kappa shape index (κ1) is 16.7. The van der Waals surface area contributed by atoms with Gasteiger partial charge in [-0.3, -0.25) is 0 Å². The third kappa shape index (κ3) is 3.85. The quantitative estimate of drug-likeness (QED) is 0.510. The number of carbonyl (C=O) groups is 1. The highest BCUT2D eigenvalue weighted by atomic mass is 16.6. The van der Waals surface area contributed by atoms with Crippen LogP contribution in [-0.2, 0) is 11.2 Å². The third-order valence-electron chi connectivity index (χ3n) is 2.93. The van der Waals surface area contributed by atoms with E-state index < -0.39 is 11.6 Å². The number of allylic oxidation sites excluding steroid dienone is 1. The highest BCUT2D eigenvalue weighted by molar-refractivity contribution is 5.87. The van der Waals surface area contributed by atoms with E-state index in [9.17, 15) is 4.79 Å². The van der Waals surface area contributed by atoms with Gasteiger partial charge in [-0.2, -0.15) is 0 Å². The fourth-order valence-electron chi connectivity index (χ4n) is 1.93. The van der Waals surface area contributed by atoms with Crippen LogP contribution < -0.4 is 0 Å². The van der Waals surface area contributed by atoms with Gasteiger partial charge in [0.1, 0.15) is 24.4 Å². The second-order valence-corrected chi connectivity index (χ2v) is 6.20. The summed E-state index contributed by atoms with van der Waals surface area (Å²) in [7, 11) is 0. The Hall–Kier alpha value is -3.16. The van der Waals surface area contributed by atoms with E-state index in [2.05, 4.69) is 21.5 Å². The number of carbonyl (C=O) groups excluding carboxylic acids is 1. The number of hydrogen-bond donors (Lipinski definition) is 0. The maximum atomic E-state index is 12.0. The van der Waals surface area contributed by atoms with Gasteiger partial charge >= 0.3 is 5.97 Å². The Labute approximate surface area is 143 Å². The van der Waals surface area contributed by atoms with Gasteiger partial charge < -0.3 is 18.0 Å². The molecule has 3 aromatic rings. The highest BCUT2D eigenvalue weighted by Gasteiger charge is 2.22. The normalized spacial score (nSPS) is 11.5. The molecule has 0 N–H and O–H groups in total. The molecule has 0 unspecified atom stereocenters. The molecule has 0 saturated carbocycles. The van der Waals surface area contributed by atoms with Gasteiger partial charge in [-0.25, -0.2) is 19.7 Å². The lowest BCUT2D eigenvalue weighted by atomic mass is 10.2. The predicted molar refractivity (Wildman–Crippen MR) is 86.6 cm³/mol. The average Bonchev–Trinajstić information content (AvgIpc) is 3.25. The van der Waals surface area contributed by atoms with Gasteiger partial charge in [0.15, 0.2) is 23.0 Å². The molecule has 0 amide bonds. The molecule has 0 atom stereocenters. The van der Waals surface area contributed by atoms with Crippen molar-refractivity contribution in [1.82, 2.24) is 15.0 Å². The molecule has 8 heteroatoms. The summed E-state index contributed by atoms with van der Waals surface area (Å²) < 4.78 is 21.2. The van der Waals surface area contributed by atoms with E-state index in [0.29, 0.717) is 23.7 Å². The van der Waals surface area contributed by atoms with Crippen molar-refractivity contribution in [1.29, 1.82) is 0 Å². The molecule has 0 fully saturated rings. The van der Waals surface area contributed by atoms with Crippen LogP contribution in [0, 0.1) is 0 Å². The van der Waals surface area contributed by atoms with Crippen LogP contribution in [0.3, 0.4) is 0 Å². The molecule has 3 aromatic heterocycles. The largest absolute Gasteiger partial charge is 0.455 e. The standard InChI is InChI=1S/C17H17N3O5/c1-5-6-13-18-10(7-22-13)14-19-11(8-23-14)15-20-12(9-24-15)16(21)25-17(2,3)4/h5,7-9H,1,6H2,2-4H3. The SMILES string of the molecule is C=CCc1nc(-c2nc(-c3nc(C(=O)OC(C)(C)C)co3)co2)co1. The fraction of sp³-hybridized carbons (Fsp3) is 0.294. The van der Waals surface area contributed by atoms with Gasteiger partial charge in [0.25, 0.3) is 0 Å². The van der Waals surface area contributed by atoms with Gasteiger partial charge in [-0.05, 0) is 20.8 Å². The zero-order chi connectivity index (χ0) is 18.0. The molecule has 25 heavy (non-hydrogen) atoms. The maximum Gasteiger partial charge on any atom is 0.360 e. The number of esters is 1. The lowest BCUT2D eigenvalue weighted by Crippen LogP contribution is -2.24. The van der Waals surface area contributed by atoms with E-state index in [-0.39, 0.29) is 17.5 Å². The molecule has 0 aliphatic carbocycles. The van der Waals surface area contributed by atoms with E-state index >= 15 is 0 Å². The van der Waals surface area contributed by atoms with E-state index in [1.165, 1.54) is 18.8 Å². The molecule has 130 valence electrons. The van der Waals surface area contributed by atoms with Gasteiger partial charge in [0.2, 0.25) is 11.8 Å². The average molecular weight is 343 g/mol. The molecule has 8 nitrogen and oxygen atoms in total. The minimum Gasteiger partial charge on any atom is -0.455 e. The van der Waals surface area contributed by atoms with Crippen LogP contribution in [0.1, 0.15) is 37.2 Å². The molecule has 0 aliphatic heterocycles. The first-order valence-electron chi connectivity index (χ1n) is 7.56. The summed E-state index contributed by atoms with van der Waals surface area (Å²) in [5.74, 6) is 0.335. The summed E-state index contributed by atoms with van der Waals surface area (Å²) >= 11 is 0. The van der Waals surface area contributed by atoms with Gasteiger partial charge in [0, 0.05) is 6.42 Å². The van der Waals surface area contributed by atoms with E-state index in [1.807, 2.05) is 0 Å². The highest BCUT2D eigenvalue weighted by Crippen LogP contribution is 2.24. The Morgan fingerprint density at radius 1 is 1.08 bits per heavy atom. The maximum absolute atomic E-state index is 12.0. The molecule has 0 saturated heterocycles. The fourth-order valence-corrected chi connectivity index (χ4v) is 1.93. The number of hydrogen-bond acceptors (Lipinski definition) is 8. The summed E-state index contributed by atoms with van der Waals surface area (Å²) in [6.45, 7) is 8.94. The lowest BCUT2D eigenvalue weighted by Gasteiger charge is -2.18. The number of ether oxygens (including phenoxy) is 1. The van der Waals surface area contributed by atoms with Crippen molar-refractivity contribution in [3.05, 3.63) is 43.0 Å². The summed E-state index contributed by atoms with van der Waals surface area (Å²) in [5.41, 5.74) is 0.220. The molecule has 0 spiro atoms. The molecule has 0 aliphatic rings. The van der Waals surface area contributed by atoms with Crippen molar-refractivity contribution in [2.75, 3.05) is 0 Å². The topological polar surface area (TPSA) is 104 Å². The van der Waals surface area contributed by atoms with Crippen LogP contribution >= 0.6 is 0 Å². The van der Waals surface area contributed by atoms with Crippen molar-refractivity contribution in [2.24, 2.45) is 0 Å². The smallest absolute Gasteiger partial charge is 0.360 e. The summed E-state index contributed by atoms with van der Waals surface area (Å²) in [5, 5.41) is 0. The van der Waals surface area contributed by atoms with Gasteiger partial charge in [0.05, 0.1) is 0 Å². The first-order chi connectivity index (χ1) is 11.9. The van der Waals surface area contributed by atoms with Crippen LogP contribution in [0.2, 0.25) is 0 Å². The molecular formula is C17H17N3O5. The number of aromatic nitrogens is 3. The molecule has 3 rings (SSSR count). The lowest BCUT2D eigenvalue weighted by molar-refractivity contribution is 0.00628. The molecule has 0 bridgehead atoms. The molecule has 3 heterocycles. The Bertz CT molecular complexity index is 897. The van der Waals surface area contributed by atoms with Crippen molar-refractivity contribution < 1.29 is 22.8 Å². The van der Waals surface area contributed by atoms with E-state index in [0.717, 1.165) is 0 Å². The second kappa shape index (κ2) is 6.39. The second-order valence-electron chi connectivity index (χ2n) is 6.20. The zero-order valence-corrected chi connectivity index (χ0v) is 14.1. The van der Waals surface area contributed by atoms with Crippen molar-refractivity contribution >= 4 is 5.97 Å². The number of nitrogens with zero attached hydrogens (tertiary/aromatic N) is 3. The first-order valence-corrected chi connectivity index (χ1v) is 7.56. The zero-order valence-electron chi connectivity index (χ0n) is 14.1. The Balaban J connectivity index is 1.78. The van der Waals surface area contributed by atoms with Crippen molar-refractivity contribution in [2.45, 2.75) is 32.8 Å². The van der Waals surface area contributed by atoms with Crippen molar-refractivity contribution in [3.8, 4) is 23.2 Å². The monoisotopic (exact) mass is 343 g/mol. The number of oxazole rings is 3. The Morgan fingerprint density at radius 3 is 2.44 bits per heavy atom. The van der Waals surface area contributed by atoms with Crippen LogP contribution in [0.15, 0.2) is 44.7 Å². The minimum atomic E-state index is -0.618. The predicted octanol–water partition coefficient (Wildman–Crippen LogP) is 3.67. The van der Waals surface area contributed by atoms with E-state index in [4.69, 9.17) is 18.0 Å². The van der Waals surface area contributed by atoms with Gasteiger partial charge in [-0.1, -0.05) is 6.08 Å². The Morgan fingerprint density at radius 2 is 1.72 bits per heavy atom. The third-order valence-corrected chi connectivity index (χ3v) is 2.93. The molecule has 0 radical (unpaired) electrons. The summed E-state index contributed by atoms with van der Waals surface area (Å²) in [4.78, 5) is 24.5. The van der Waals surface area contributed by atoms with Crippen molar-refractivity contribution in [3.63, 3.8) is 0 Å². The Kier molecular flexibility index (Phi) is 4.26. The summed E-state index contributed by atoms with van der Waals surface area (Å²) in [6, 6.07) is 0. The van der Waals surface area contributed by atoms with Crippen LogP contribution in [0.5, 0.6) is 0 Å². The number of rotatable bonds is 5. The van der Waals surface area contributed by atoms with Crippen LogP contribution in [0.25, 0.3) is 23.2 Å².